The smallest absolute Gasteiger partial charge is 0.247 e. The number of primary amides is 1. The molecular formula is C56H75N17O11. The molecule has 28 nitrogen and oxygen atoms in total. The van der Waals surface area contributed by atoms with Gasteiger partial charge in [-0.2, -0.15) is 0 Å². The highest BCUT2D eigenvalue weighted by Crippen LogP contribution is 2.21. The molecule has 0 spiro atoms. The lowest BCUT2D eigenvalue weighted by Gasteiger charge is -2.38. The van der Waals surface area contributed by atoms with E-state index >= 15 is 0 Å². The molecule has 0 bridgehead atoms. The number of benzene rings is 3. The number of carbonyl (C=O) groups excluding carboxylic acids is 10. The Balaban J connectivity index is 1.35. The maximum Gasteiger partial charge on any atom is 0.247 e. The van der Waals surface area contributed by atoms with Gasteiger partial charge in [-0.15, -0.1) is 0 Å². The van der Waals surface area contributed by atoms with Crippen LogP contribution in [0.15, 0.2) is 91.1 Å². The molecule has 19 N–H and O–H groups in total. The summed E-state index contributed by atoms with van der Waals surface area (Å²) in [6.07, 6.45) is 1.80. The Kier molecular flexibility index (Phi) is 23.9. The maximum absolute atomic E-state index is 14.8. The topological polar surface area (TPSA) is 445 Å². The van der Waals surface area contributed by atoms with Crippen LogP contribution in [-0.4, -0.2) is 156 Å². The van der Waals surface area contributed by atoms with Crippen LogP contribution < -0.4 is 70.4 Å². The normalized spacial score (nSPS) is 22.5. The summed E-state index contributed by atoms with van der Waals surface area (Å²) in [5, 5.41) is 42.4. The second kappa shape index (κ2) is 31.6. The number of nitrogens with two attached hydrogens (primary N) is 3. The second-order valence-electron chi connectivity index (χ2n) is 20.4. The SMILES string of the molecule is CC(=O)N1C[C@H](C(=O)N[C@H]2CC(=O)NCCCC[C@@H](C(N)=O)NC(=O)[C@H](Cc3c[nH]c4ccccc34)NC(=O)[C@H](CCCNC(=N)N)NC(=O)C(c3ccccc3)NC(=O)[C@H](COCc3ccccc3)NC2=O)NC(=O)[C@@H]1CCCNC(=N)N. The molecule has 450 valence electrons. The summed E-state index contributed by atoms with van der Waals surface area (Å²) >= 11 is 0. The minimum atomic E-state index is -1.75. The highest BCUT2D eigenvalue weighted by atomic mass is 16.5. The number of rotatable bonds is 18. The number of ether oxygens (including phenoxy) is 1. The standard InChI is InChI=1S/C56H75N17O11/c1-32(74)73-29-42(70-53(82)44(73)22-13-25-64-56(60)61)51(80)69-41-27-45(75)62-23-11-10-20-38(47(57)76)66-49(78)40(26-35-28-65-37-19-9-8-18-36(35)37)68-48(77)39(21-12-24-63-55(58)59)67-54(83)46(34-16-6-3-7-17-34)72-52(81)43(71-50(41)79)31-84-30-33-14-4-2-5-15-33/h2-9,14-19,28,38-44,46,65H,10-13,20-27,29-31H2,1H3,(H2,57,76)(H,62,75)(H,66,78)(H,67,83)(H,68,77)(H,69,80)(H,70,82)(H,71,79)(H,72,81)(H4,58,59,63)(H4,60,61,64)/t38-,39-,40-,41-,42+,43-,44-,46?/m0/s1. The number of nitrogens with zero attached hydrogens (tertiary/aromatic N) is 1. The number of aromatic amines is 1. The van der Waals surface area contributed by atoms with Crippen molar-refractivity contribution < 1.29 is 52.7 Å². The van der Waals surface area contributed by atoms with E-state index in [2.05, 4.69) is 58.2 Å². The summed E-state index contributed by atoms with van der Waals surface area (Å²) in [4.78, 5) is 145. The average Bonchev–Trinajstić information content (AvgIpc) is 3.56. The van der Waals surface area contributed by atoms with Crippen molar-refractivity contribution in [1.82, 2.24) is 63.1 Å². The van der Waals surface area contributed by atoms with Gasteiger partial charge in [-0.1, -0.05) is 78.9 Å². The number of para-hydroxylation sites is 1. The van der Waals surface area contributed by atoms with Crippen molar-refractivity contribution >= 4 is 81.9 Å². The molecule has 2 aliphatic rings. The second-order valence-corrected chi connectivity index (χ2v) is 20.4. The molecule has 1 aromatic heterocycles. The zero-order valence-electron chi connectivity index (χ0n) is 46.6. The fourth-order valence-corrected chi connectivity index (χ4v) is 9.65. The Morgan fingerprint density at radius 3 is 1.95 bits per heavy atom. The summed E-state index contributed by atoms with van der Waals surface area (Å²) in [7, 11) is 0. The largest absolute Gasteiger partial charge is 0.374 e. The molecule has 0 saturated carbocycles. The predicted molar refractivity (Wildman–Crippen MR) is 307 cm³/mol. The van der Waals surface area contributed by atoms with Gasteiger partial charge in [0, 0.05) is 50.1 Å². The molecule has 2 aliphatic heterocycles. The van der Waals surface area contributed by atoms with Gasteiger partial charge in [-0.3, -0.25) is 58.8 Å². The number of piperazine rings is 1. The molecule has 2 fully saturated rings. The number of amides is 10. The van der Waals surface area contributed by atoms with Crippen molar-refractivity contribution in [2.45, 2.75) is 120 Å². The Labute approximate surface area is 484 Å². The van der Waals surface area contributed by atoms with Crippen LogP contribution in [0, 0.1) is 10.8 Å². The van der Waals surface area contributed by atoms with E-state index in [0.717, 1.165) is 10.9 Å². The molecule has 1 unspecified atom stereocenters. The van der Waals surface area contributed by atoms with Gasteiger partial charge in [-0.25, -0.2) is 0 Å². The zero-order valence-corrected chi connectivity index (χ0v) is 46.6. The number of nitrogens with one attached hydrogen (secondary N) is 13. The number of hydrogen-bond acceptors (Lipinski definition) is 13. The van der Waals surface area contributed by atoms with E-state index in [0.29, 0.717) is 17.5 Å². The Bertz CT molecular complexity index is 3000. The molecule has 0 aliphatic carbocycles. The van der Waals surface area contributed by atoms with Crippen molar-refractivity contribution in [3.8, 4) is 0 Å². The minimum absolute atomic E-state index is 0.0101. The van der Waals surface area contributed by atoms with Crippen LogP contribution in [0.1, 0.15) is 81.0 Å². The van der Waals surface area contributed by atoms with Crippen LogP contribution in [0.3, 0.4) is 0 Å². The lowest BCUT2D eigenvalue weighted by molar-refractivity contribution is -0.146. The predicted octanol–water partition coefficient (Wildman–Crippen LogP) is -2.37. The summed E-state index contributed by atoms with van der Waals surface area (Å²) in [5.41, 5.74) is 19.0. The van der Waals surface area contributed by atoms with E-state index in [9.17, 15) is 47.9 Å². The van der Waals surface area contributed by atoms with Gasteiger partial charge in [0.2, 0.25) is 59.1 Å². The molecule has 0 radical (unpaired) electrons. The summed E-state index contributed by atoms with van der Waals surface area (Å²) in [6.45, 7) is 0.608. The monoisotopic (exact) mass is 1160 g/mol. The van der Waals surface area contributed by atoms with Gasteiger partial charge in [0.1, 0.15) is 48.3 Å². The number of fused-ring (bicyclic) bond motifs is 1. The van der Waals surface area contributed by atoms with Gasteiger partial charge in [-0.05, 0) is 67.7 Å². The first-order valence-electron chi connectivity index (χ1n) is 27.6. The van der Waals surface area contributed by atoms with Crippen LogP contribution in [0.25, 0.3) is 10.9 Å². The van der Waals surface area contributed by atoms with E-state index in [1.807, 2.05) is 18.2 Å². The summed E-state index contributed by atoms with van der Waals surface area (Å²) in [6, 6.07) is 12.6. The quantitative estimate of drug-likeness (QED) is 0.0281. The van der Waals surface area contributed by atoms with E-state index < -0.39 is 120 Å². The molecule has 10 amide bonds. The van der Waals surface area contributed by atoms with E-state index in [-0.39, 0.29) is 95.2 Å². The van der Waals surface area contributed by atoms with Crippen LogP contribution in [0.4, 0.5) is 0 Å². The molecule has 3 aromatic carbocycles. The Morgan fingerprint density at radius 1 is 0.667 bits per heavy atom. The first-order valence-corrected chi connectivity index (χ1v) is 27.6. The van der Waals surface area contributed by atoms with Crippen LogP contribution >= 0.6 is 0 Å². The Hall–Kier alpha value is -9.60. The summed E-state index contributed by atoms with van der Waals surface area (Å²) < 4.78 is 5.99. The third-order valence-corrected chi connectivity index (χ3v) is 14.1. The molecule has 6 rings (SSSR count). The number of H-pyrrole nitrogens is 1. The highest BCUT2D eigenvalue weighted by molar-refractivity contribution is 6.00. The van der Waals surface area contributed by atoms with Crippen LogP contribution in [0.5, 0.6) is 0 Å². The van der Waals surface area contributed by atoms with Crippen LogP contribution in [0.2, 0.25) is 0 Å². The maximum atomic E-state index is 14.8. The van der Waals surface area contributed by atoms with Crippen molar-refractivity contribution in [1.29, 1.82) is 10.8 Å². The van der Waals surface area contributed by atoms with Gasteiger partial charge in [0.15, 0.2) is 11.9 Å². The molecule has 4 aromatic rings. The van der Waals surface area contributed by atoms with Crippen molar-refractivity contribution in [3.05, 3.63) is 108 Å². The summed E-state index contributed by atoms with van der Waals surface area (Å²) in [5.74, 6) is -9.03. The number of carbonyl (C=O) groups is 10. The molecule has 2 saturated heterocycles. The van der Waals surface area contributed by atoms with Gasteiger partial charge < -0.3 is 85.0 Å². The minimum Gasteiger partial charge on any atom is -0.374 e. The Morgan fingerprint density at radius 2 is 1.27 bits per heavy atom. The van der Waals surface area contributed by atoms with E-state index in [4.69, 9.17) is 32.8 Å². The lowest BCUT2D eigenvalue weighted by atomic mass is 10.0. The van der Waals surface area contributed by atoms with E-state index in [1.165, 1.54) is 24.0 Å². The molecular weight excluding hydrogens is 1090 g/mol. The van der Waals surface area contributed by atoms with Crippen molar-refractivity contribution in [2.75, 3.05) is 32.8 Å². The first kappa shape index (κ1) is 63.6. The number of hydrogen-bond donors (Lipinski definition) is 16. The molecule has 28 heteroatoms. The van der Waals surface area contributed by atoms with Gasteiger partial charge in [0.25, 0.3) is 0 Å². The first-order chi connectivity index (χ1) is 40.3. The molecule has 8 atom stereocenters. The molecule has 84 heavy (non-hydrogen) atoms. The van der Waals surface area contributed by atoms with Gasteiger partial charge >= 0.3 is 0 Å². The lowest BCUT2D eigenvalue weighted by Crippen LogP contribution is -2.66. The zero-order chi connectivity index (χ0) is 60.7. The third kappa shape index (κ3) is 19.3. The highest BCUT2D eigenvalue weighted by Gasteiger charge is 2.41. The number of guanidine groups is 2. The van der Waals surface area contributed by atoms with Crippen LogP contribution in [-0.2, 0) is 65.7 Å². The van der Waals surface area contributed by atoms with Gasteiger partial charge in [0.05, 0.1) is 26.2 Å². The van der Waals surface area contributed by atoms with Crippen molar-refractivity contribution in [3.63, 3.8) is 0 Å². The van der Waals surface area contributed by atoms with Crippen molar-refractivity contribution in [2.24, 2.45) is 17.2 Å². The fourth-order valence-electron chi connectivity index (χ4n) is 9.65. The van der Waals surface area contributed by atoms with E-state index in [1.54, 1.807) is 60.8 Å². The average molecular weight is 1160 g/mol. The third-order valence-electron chi connectivity index (χ3n) is 14.1. The molecule has 3 heterocycles. The fraction of sp³-hybridized carbons (Fsp3) is 0.429. The number of aromatic nitrogens is 1.